The van der Waals surface area contributed by atoms with Crippen LogP contribution in [0.2, 0.25) is 0 Å². The maximum atomic E-state index is 11.0. The van der Waals surface area contributed by atoms with Crippen LogP contribution in [0.4, 0.5) is 4.53 Å². The zero-order valence-corrected chi connectivity index (χ0v) is 8.41. The van der Waals surface area contributed by atoms with Crippen molar-refractivity contribution in [3.8, 4) is 0 Å². The van der Waals surface area contributed by atoms with Crippen LogP contribution in [0.5, 0.6) is 0 Å². The van der Waals surface area contributed by atoms with Crippen LogP contribution in [0, 0.1) is 0 Å². The van der Waals surface area contributed by atoms with Crippen molar-refractivity contribution >= 4 is 0 Å². The van der Waals surface area contributed by atoms with E-state index in [1.807, 2.05) is 0 Å². The minimum atomic E-state index is -0.625. The third-order valence-corrected chi connectivity index (χ3v) is 0.231. The van der Waals surface area contributed by atoms with Gasteiger partial charge in [-0.25, -0.2) is 0 Å². The van der Waals surface area contributed by atoms with Gasteiger partial charge in [-0.05, 0) is 25.3 Å². The van der Waals surface area contributed by atoms with Crippen LogP contribution in [0.15, 0.2) is 0 Å². The van der Waals surface area contributed by atoms with Crippen molar-refractivity contribution in [2.45, 2.75) is 26.4 Å². The van der Waals surface area contributed by atoms with Crippen LogP contribution in [-0.2, 0) is 4.94 Å². The molecule has 0 aliphatic carbocycles. The second kappa shape index (κ2) is 4.41. The fourth-order valence-electron chi connectivity index (χ4n) is 0. The minimum Gasteiger partial charge on any atom is -1.00 e. The molecular formula is C4H10FKO. The van der Waals surface area contributed by atoms with Gasteiger partial charge in [-0.1, -0.05) is 0 Å². The molecular weight excluding hydrogens is 122 g/mol. The molecule has 0 fully saturated rings. The Hall–Kier alpha value is 1.53. The summed E-state index contributed by atoms with van der Waals surface area (Å²) in [5.74, 6) is 0. The van der Waals surface area contributed by atoms with Crippen molar-refractivity contribution in [3.05, 3.63) is 0 Å². The summed E-state index contributed by atoms with van der Waals surface area (Å²) in [5, 5.41) is 0. The smallest absolute Gasteiger partial charge is 1.00 e. The number of hydrogen-bond acceptors (Lipinski definition) is 1. The number of hydrogen-bond donors (Lipinski definition) is 0. The third kappa shape index (κ3) is 11.2. The zero-order chi connectivity index (χ0) is 5.21. The van der Waals surface area contributed by atoms with E-state index in [0.717, 1.165) is 0 Å². The Morgan fingerprint density at radius 3 is 1.57 bits per heavy atom. The summed E-state index contributed by atoms with van der Waals surface area (Å²) in [5.41, 5.74) is -0.625. The fourth-order valence-corrected chi connectivity index (χ4v) is 0. The van der Waals surface area contributed by atoms with Crippen molar-refractivity contribution in [2.75, 3.05) is 0 Å². The molecule has 0 amide bonds. The van der Waals surface area contributed by atoms with Crippen molar-refractivity contribution in [3.63, 3.8) is 0 Å². The zero-order valence-electron chi connectivity index (χ0n) is 6.29. The Kier molecular flexibility index (Phi) is 7.14. The van der Waals surface area contributed by atoms with Gasteiger partial charge in [-0.3, -0.25) is 0 Å². The maximum absolute atomic E-state index is 11.0. The Balaban J connectivity index is -0.000000125. The van der Waals surface area contributed by atoms with E-state index in [9.17, 15) is 4.53 Å². The van der Waals surface area contributed by atoms with Gasteiger partial charge in [-0.2, -0.15) is 4.94 Å². The summed E-state index contributed by atoms with van der Waals surface area (Å²) < 4.78 is 11.0. The molecule has 0 aromatic carbocycles. The van der Waals surface area contributed by atoms with E-state index in [2.05, 4.69) is 4.94 Å². The van der Waals surface area contributed by atoms with Gasteiger partial charge in [0.15, 0.2) is 0 Å². The van der Waals surface area contributed by atoms with E-state index in [4.69, 9.17) is 0 Å². The van der Waals surface area contributed by atoms with Crippen LogP contribution in [-0.4, -0.2) is 5.60 Å². The number of halogens is 1. The second-order valence-corrected chi connectivity index (χ2v) is 2.19. The van der Waals surface area contributed by atoms with Gasteiger partial charge in [0.25, 0.3) is 0 Å². The second-order valence-electron chi connectivity index (χ2n) is 2.19. The average molecular weight is 132 g/mol. The molecule has 0 rings (SSSR count). The van der Waals surface area contributed by atoms with Crippen LogP contribution in [0.25, 0.3) is 0 Å². The Labute approximate surface area is 87.4 Å². The van der Waals surface area contributed by atoms with Gasteiger partial charge in [0.1, 0.15) is 5.60 Å². The first-order valence-corrected chi connectivity index (χ1v) is 1.86. The van der Waals surface area contributed by atoms with Crippen molar-refractivity contribution in [2.24, 2.45) is 0 Å². The first-order valence-electron chi connectivity index (χ1n) is 1.86. The van der Waals surface area contributed by atoms with Gasteiger partial charge in [0.05, 0.1) is 0 Å². The SMILES string of the molecule is CC(C)(C)OF.[H-].[K+]. The molecule has 1 nitrogen and oxygen atoms in total. The first-order chi connectivity index (χ1) is 2.56. The topological polar surface area (TPSA) is 9.23 Å². The van der Waals surface area contributed by atoms with E-state index >= 15 is 0 Å². The Morgan fingerprint density at radius 1 is 1.43 bits per heavy atom. The summed E-state index contributed by atoms with van der Waals surface area (Å²) >= 11 is 0. The van der Waals surface area contributed by atoms with Crippen LogP contribution < -0.4 is 51.4 Å². The Morgan fingerprint density at radius 2 is 1.57 bits per heavy atom. The Bertz CT molecular complexity index is 45.8. The summed E-state index contributed by atoms with van der Waals surface area (Å²) in [4.78, 5) is 3.44. The summed E-state index contributed by atoms with van der Waals surface area (Å²) in [7, 11) is 0. The molecule has 0 aliphatic rings. The number of rotatable bonds is 0. The molecule has 0 spiro atoms. The van der Waals surface area contributed by atoms with Crippen LogP contribution in [0.1, 0.15) is 22.2 Å². The average Bonchev–Trinajstić information content (AvgIpc) is 1.35. The van der Waals surface area contributed by atoms with Gasteiger partial charge in [0, 0.05) is 0 Å². The minimum absolute atomic E-state index is 0. The quantitative estimate of drug-likeness (QED) is 0.376. The molecule has 0 bridgehead atoms. The van der Waals surface area contributed by atoms with Gasteiger partial charge in [0.2, 0.25) is 0 Å². The molecule has 7 heavy (non-hydrogen) atoms. The molecule has 0 heterocycles. The molecule has 3 heteroatoms. The summed E-state index contributed by atoms with van der Waals surface area (Å²) in [6, 6.07) is 0. The van der Waals surface area contributed by atoms with Crippen molar-refractivity contribution in [1.29, 1.82) is 0 Å². The first kappa shape index (κ1) is 11.3. The van der Waals surface area contributed by atoms with Crippen molar-refractivity contribution < 1.29 is 62.3 Å². The van der Waals surface area contributed by atoms with Crippen molar-refractivity contribution in [1.82, 2.24) is 0 Å². The van der Waals surface area contributed by atoms with Gasteiger partial charge >= 0.3 is 51.4 Å². The molecule has 0 aromatic rings. The molecule has 0 aromatic heterocycles. The van der Waals surface area contributed by atoms with Gasteiger partial charge in [-0.15, -0.1) is 0 Å². The molecule has 0 aliphatic heterocycles. The normalized spacial score (nSPS) is 10.3. The molecule has 0 saturated heterocycles. The van der Waals surface area contributed by atoms with Crippen LogP contribution in [0.3, 0.4) is 0 Å². The maximum Gasteiger partial charge on any atom is 1.00 e. The largest absolute Gasteiger partial charge is 1.00 e. The predicted molar refractivity (Wildman–Crippen MR) is 23.1 cm³/mol. The fraction of sp³-hybridized carbons (Fsp3) is 1.00. The molecule has 40 valence electrons. The van der Waals surface area contributed by atoms with E-state index in [0.29, 0.717) is 0 Å². The molecule has 0 N–H and O–H groups in total. The molecule has 0 unspecified atom stereocenters. The molecule has 0 atom stereocenters. The van der Waals surface area contributed by atoms with E-state index in [1.54, 1.807) is 20.8 Å². The van der Waals surface area contributed by atoms with Gasteiger partial charge < -0.3 is 1.43 Å². The third-order valence-electron chi connectivity index (χ3n) is 0.231. The summed E-state index contributed by atoms with van der Waals surface area (Å²) in [6.45, 7) is 4.94. The molecule has 0 radical (unpaired) electrons. The monoisotopic (exact) mass is 132 g/mol. The molecule has 0 saturated carbocycles. The standard InChI is InChI=1S/C4H9FO.K.H/c1-4(2,3)6-5;;/h1-3H3;;/q;+1;-1. The summed E-state index contributed by atoms with van der Waals surface area (Å²) in [6.07, 6.45) is 0. The predicted octanol–water partition coefficient (Wildman–Crippen LogP) is -1.20. The van der Waals surface area contributed by atoms with E-state index < -0.39 is 5.60 Å². The van der Waals surface area contributed by atoms with Crippen LogP contribution >= 0.6 is 0 Å². The van der Waals surface area contributed by atoms with E-state index in [-0.39, 0.29) is 52.8 Å². The van der Waals surface area contributed by atoms with E-state index in [1.165, 1.54) is 0 Å².